The zero-order valence-electron chi connectivity index (χ0n) is 14.7. The molecule has 1 amide bonds. The Bertz CT molecular complexity index is 895. The van der Waals surface area contributed by atoms with Gasteiger partial charge in [-0.3, -0.25) is 4.79 Å². The highest BCUT2D eigenvalue weighted by molar-refractivity contribution is 8.00. The number of hydrogen-bond donors (Lipinski definition) is 1. The number of ether oxygens (including phenoxy) is 1. The first-order valence-corrected chi connectivity index (χ1v) is 8.92. The van der Waals surface area contributed by atoms with Crippen molar-refractivity contribution in [3.8, 4) is 11.4 Å². The molecular formula is C18H19N5O2S. The number of nitrogens with zero attached hydrogens (tertiary/aromatic N) is 4. The molecule has 0 aliphatic carbocycles. The van der Waals surface area contributed by atoms with E-state index in [-0.39, 0.29) is 11.2 Å². The van der Waals surface area contributed by atoms with Crippen LogP contribution in [0.5, 0.6) is 5.75 Å². The van der Waals surface area contributed by atoms with Crippen LogP contribution in [0, 0.1) is 6.92 Å². The van der Waals surface area contributed by atoms with Crippen molar-refractivity contribution in [3.05, 3.63) is 54.1 Å². The lowest BCUT2D eigenvalue weighted by molar-refractivity contribution is -0.115. The summed E-state index contributed by atoms with van der Waals surface area (Å²) in [5, 5.41) is 14.8. The minimum absolute atomic E-state index is 0.117. The van der Waals surface area contributed by atoms with Gasteiger partial charge in [0.05, 0.1) is 12.4 Å². The molecule has 0 bridgehead atoms. The van der Waals surface area contributed by atoms with Crippen molar-refractivity contribution in [1.82, 2.24) is 20.2 Å². The first-order chi connectivity index (χ1) is 12.6. The van der Waals surface area contributed by atoms with Crippen LogP contribution in [0.2, 0.25) is 0 Å². The molecule has 0 aliphatic rings. The van der Waals surface area contributed by atoms with E-state index in [1.807, 2.05) is 62.4 Å². The lowest BCUT2D eigenvalue weighted by atomic mass is 10.2. The van der Waals surface area contributed by atoms with Gasteiger partial charge in [0, 0.05) is 5.69 Å². The number of carbonyl (C=O) groups is 1. The zero-order valence-corrected chi connectivity index (χ0v) is 15.5. The number of para-hydroxylation sites is 2. The minimum Gasteiger partial charge on any atom is -0.494 e. The number of hydrogen-bond acceptors (Lipinski definition) is 6. The third-order valence-corrected chi connectivity index (χ3v) is 4.76. The monoisotopic (exact) mass is 369 g/mol. The van der Waals surface area contributed by atoms with Crippen LogP contribution in [0.25, 0.3) is 5.69 Å². The maximum absolute atomic E-state index is 12.5. The predicted molar refractivity (Wildman–Crippen MR) is 101 cm³/mol. The molecule has 3 rings (SSSR count). The van der Waals surface area contributed by atoms with E-state index >= 15 is 0 Å². The molecule has 0 radical (unpaired) electrons. The SMILES string of the molecule is COc1ccccc1-n1nnnc1S[C@@H](C)C(=O)Nc1ccc(C)cc1. The van der Waals surface area contributed by atoms with Gasteiger partial charge >= 0.3 is 0 Å². The average Bonchev–Trinajstić information content (AvgIpc) is 3.11. The molecule has 0 unspecified atom stereocenters. The van der Waals surface area contributed by atoms with Gasteiger partial charge in [0.25, 0.3) is 0 Å². The average molecular weight is 369 g/mol. The van der Waals surface area contributed by atoms with Gasteiger partial charge in [0.1, 0.15) is 11.4 Å². The second-order valence-corrected chi connectivity index (χ2v) is 6.97. The highest BCUT2D eigenvalue weighted by Gasteiger charge is 2.20. The Balaban J connectivity index is 1.74. The van der Waals surface area contributed by atoms with Crippen molar-refractivity contribution < 1.29 is 9.53 Å². The van der Waals surface area contributed by atoms with Gasteiger partial charge in [0.15, 0.2) is 0 Å². The summed E-state index contributed by atoms with van der Waals surface area (Å²) in [6.07, 6.45) is 0. The molecule has 3 aromatic rings. The molecular weight excluding hydrogens is 350 g/mol. The summed E-state index contributed by atoms with van der Waals surface area (Å²) in [5.41, 5.74) is 2.62. The molecule has 26 heavy (non-hydrogen) atoms. The highest BCUT2D eigenvalue weighted by atomic mass is 32.2. The topological polar surface area (TPSA) is 81.9 Å². The van der Waals surface area contributed by atoms with Crippen LogP contribution in [-0.2, 0) is 4.79 Å². The molecule has 1 aromatic heterocycles. The lowest BCUT2D eigenvalue weighted by Gasteiger charge is -2.13. The fourth-order valence-corrected chi connectivity index (χ4v) is 3.10. The Kier molecular flexibility index (Phi) is 5.52. The van der Waals surface area contributed by atoms with Crippen LogP contribution >= 0.6 is 11.8 Å². The molecule has 1 atom stereocenters. The fourth-order valence-electron chi connectivity index (χ4n) is 2.30. The molecule has 2 aromatic carbocycles. The number of tetrazole rings is 1. The Morgan fingerprint density at radius 3 is 2.65 bits per heavy atom. The molecule has 8 heteroatoms. The van der Waals surface area contributed by atoms with Crippen LogP contribution in [0.3, 0.4) is 0 Å². The van der Waals surface area contributed by atoms with E-state index in [2.05, 4.69) is 20.8 Å². The van der Waals surface area contributed by atoms with Crippen molar-refractivity contribution in [2.45, 2.75) is 24.3 Å². The van der Waals surface area contributed by atoms with Gasteiger partial charge in [0.2, 0.25) is 11.1 Å². The van der Waals surface area contributed by atoms with E-state index < -0.39 is 0 Å². The number of carbonyl (C=O) groups excluding carboxylic acids is 1. The summed E-state index contributed by atoms with van der Waals surface area (Å²) in [6, 6.07) is 15.1. The summed E-state index contributed by atoms with van der Waals surface area (Å²) in [7, 11) is 1.59. The smallest absolute Gasteiger partial charge is 0.237 e. The molecule has 0 aliphatic heterocycles. The molecule has 0 saturated heterocycles. The third-order valence-electron chi connectivity index (χ3n) is 3.72. The van der Waals surface area contributed by atoms with Gasteiger partial charge in [-0.1, -0.05) is 41.6 Å². The van der Waals surface area contributed by atoms with E-state index in [0.717, 1.165) is 11.3 Å². The second kappa shape index (κ2) is 8.01. The van der Waals surface area contributed by atoms with Crippen molar-refractivity contribution in [1.29, 1.82) is 0 Å². The van der Waals surface area contributed by atoms with Crippen molar-refractivity contribution in [2.75, 3.05) is 12.4 Å². The molecule has 0 fully saturated rings. The summed E-state index contributed by atoms with van der Waals surface area (Å²) in [6.45, 7) is 3.82. The number of nitrogens with one attached hydrogen (secondary N) is 1. The van der Waals surface area contributed by atoms with Gasteiger partial charge in [-0.05, 0) is 48.5 Å². The Morgan fingerprint density at radius 2 is 1.92 bits per heavy atom. The normalized spacial score (nSPS) is 11.8. The predicted octanol–water partition coefficient (Wildman–Crippen LogP) is 3.10. The highest BCUT2D eigenvalue weighted by Crippen LogP contribution is 2.28. The summed E-state index contributed by atoms with van der Waals surface area (Å²) in [4.78, 5) is 12.5. The summed E-state index contributed by atoms with van der Waals surface area (Å²) < 4.78 is 6.93. The van der Waals surface area contributed by atoms with E-state index in [9.17, 15) is 4.79 Å². The van der Waals surface area contributed by atoms with E-state index in [1.54, 1.807) is 11.8 Å². The lowest BCUT2D eigenvalue weighted by Crippen LogP contribution is -2.22. The first kappa shape index (κ1) is 17.9. The van der Waals surface area contributed by atoms with E-state index in [1.165, 1.54) is 11.8 Å². The molecule has 0 saturated carbocycles. The Hall–Kier alpha value is -2.87. The zero-order chi connectivity index (χ0) is 18.5. The van der Waals surface area contributed by atoms with Crippen LogP contribution in [0.4, 0.5) is 5.69 Å². The minimum atomic E-state index is -0.379. The fraction of sp³-hybridized carbons (Fsp3) is 0.222. The number of benzene rings is 2. The van der Waals surface area contributed by atoms with Crippen LogP contribution in [0.15, 0.2) is 53.7 Å². The number of anilines is 1. The van der Waals surface area contributed by atoms with E-state index in [0.29, 0.717) is 16.6 Å². The standard InChI is InChI=1S/C18H19N5O2S/c1-12-8-10-14(11-9-12)19-17(24)13(2)26-18-20-21-22-23(18)15-6-4-5-7-16(15)25-3/h4-11,13H,1-3H3,(H,19,24)/t13-/m0/s1. The van der Waals surface area contributed by atoms with Crippen molar-refractivity contribution >= 4 is 23.4 Å². The number of aromatic nitrogens is 4. The van der Waals surface area contributed by atoms with Crippen LogP contribution in [0.1, 0.15) is 12.5 Å². The third kappa shape index (κ3) is 4.02. The number of methoxy groups -OCH3 is 1. The second-order valence-electron chi connectivity index (χ2n) is 5.66. The quantitative estimate of drug-likeness (QED) is 0.673. The summed E-state index contributed by atoms with van der Waals surface area (Å²) >= 11 is 1.28. The maximum atomic E-state index is 12.5. The Morgan fingerprint density at radius 1 is 1.19 bits per heavy atom. The Labute approximate surface area is 155 Å². The maximum Gasteiger partial charge on any atom is 0.237 e. The molecule has 0 spiro atoms. The molecule has 7 nitrogen and oxygen atoms in total. The number of aryl methyl sites for hydroxylation is 1. The number of rotatable bonds is 6. The first-order valence-electron chi connectivity index (χ1n) is 8.04. The van der Waals surface area contributed by atoms with Gasteiger partial charge < -0.3 is 10.1 Å². The van der Waals surface area contributed by atoms with Crippen LogP contribution in [-0.4, -0.2) is 38.5 Å². The molecule has 1 heterocycles. The van der Waals surface area contributed by atoms with Gasteiger partial charge in [-0.2, -0.15) is 4.68 Å². The van der Waals surface area contributed by atoms with Gasteiger partial charge in [-0.15, -0.1) is 5.10 Å². The number of thioether (sulfide) groups is 1. The van der Waals surface area contributed by atoms with Crippen molar-refractivity contribution in [2.24, 2.45) is 0 Å². The van der Waals surface area contributed by atoms with Gasteiger partial charge in [-0.25, -0.2) is 0 Å². The molecule has 134 valence electrons. The largest absolute Gasteiger partial charge is 0.494 e. The molecule has 1 N–H and O–H groups in total. The van der Waals surface area contributed by atoms with E-state index in [4.69, 9.17) is 4.74 Å². The summed E-state index contributed by atoms with van der Waals surface area (Å²) in [5.74, 6) is 0.534. The number of amides is 1. The van der Waals surface area contributed by atoms with Crippen LogP contribution < -0.4 is 10.1 Å². The van der Waals surface area contributed by atoms with Crippen molar-refractivity contribution in [3.63, 3.8) is 0 Å².